The van der Waals surface area contributed by atoms with Crippen LogP contribution in [-0.4, -0.2) is 25.3 Å². The van der Waals surface area contributed by atoms with Gasteiger partial charge in [0, 0.05) is 26.1 Å². The molecule has 7 heteroatoms. The van der Waals surface area contributed by atoms with E-state index in [0.717, 1.165) is 5.69 Å². The van der Waals surface area contributed by atoms with E-state index in [0.29, 0.717) is 34.0 Å². The number of benzene rings is 1. The van der Waals surface area contributed by atoms with Crippen LogP contribution in [0.4, 0.5) is 11.6 Å². The topological polar surface area (TPSA) is 86.7 Å². The van der Waals surface area contributed by atoms with Crippen LogP contribution in [0, 0.1) is 0 Å². The summed E-state index contributed by atoms with van der Waals surface area (Å²) in [7, 11) is 0. The van der Waals surface area contributed by atoms with Gasteiger partial charge in [-0.1, -0.05) is 23.7 Å². The zero-order valence-electron chi connectivity index (χ0n) is 12.1. The highest BCUT2D eigenvalue weighted by Crippen LogP contribution is 2.39. The van der Waals surface area contributed by atoms with E-state index in [1.54, 1.807) is 18.2 Å². The smallest absolute Gasteiger partial charge is 0.161 e. The Hall–Kier alpha value is -2.60. The Kier molecular flexibility index (Phi) is 3.38. The third-order valence-electron chi connectivity index (χ3n) is 3.71. The van der Waals surface area contributed by atoms with Crippen LogP contribution in [0.3, 0.4) is 0 Å². The summed E-state index contributed by atoms with van der Waals surface area (Å²) in [6.45, 7) is 0. The lowest BCUT2D eigenvalue weighted by Gasteiger charge is -2.07. The molecule has 1 aliphatic rings. The van der Waals surface area contributed by atoms with Crippen LogP contribution in [0.15, 0.2) is 36.5 Å². The SMILES string of the molecule is Oc1cccc(-c2ncc(Cl)c(Nc3cc(C4CC4)[nH]n3)n2)c1.[HH].[HH]. The average molecular weight is 332 g/mol. The van der Waals surface area contributed by atoms with Gasteiger partial charge in [-0.25, -0.2) is 9.97 Å². The highest BCUT2D eigenvalue weighted by atomic mass is 35.5. The first-order chi connectivity index (χ1) is 11.2. The Bertz CT molecular complexity index is 869. The number of halogens is 1. The molecule has 120 valence electrons. The summed E-state index contributed by atoms with van der Waals surface area (Å²) in [5.41, 5.74) is 1.84. The van der Waals surface area contributed by atoms with Crippen molar-refractivity contribution in [1.29, 1.82) is 0 Å². The van der Waals surface area contributed by atoms with E-state index in [1.807, 2.05) is 12.1 Å². The second kappa shape index (κ2) is 5.55. The van der Waals surface area contributed by atoms with Gasteiger partial charge in [-0.2, -0.15) is 5.10 Å². The van der Waals surface area contributed by atoms with E-state index in [9.17, 15) is 5.11 Å². The lowest BCUT2D eigenvalue weighted by Crippen LogP contribution is -1.98. The van der Waals surface area contributed by atoms with E-state index in [1.165, 1.54) is 19.0 Å². The number of anilines is 2. The molecular formula is C16H18ClN5O. The molecule has 6 nitrogen and oxygen atoms in total. The highest BCUT2D eigenvalue weighted by Gasteiger charge is 2.25. The molecule has 2 heterocycles. The van der Waals surface area contributed by atoms with E-state index in [2.05, 4.69) is 25.5 Å². The van der Waals surface area contributed by atoms with Crippen molar-refractivity contribution < 1.29 is 7.96 Å². The number of nitrogens with one attached hydrogen (secondary N) is 2. The molecule has 3 aromatic rings. The molecule has 0 bridgehead atoms. The minimum Gasteiger partial charge on any atom is -0.508 e. The molecule has 1 aliphatic carbocycles. The third kappa shape index (κ3) is 2.98. The maximum atomic E-state index is 9.58. The number of hydrogen-bond acceptors (Lipinski definition) is 5. The minimum atomic E-state index is 0. The standard InChI is InChI=1S/C16H14ClN5O.2H2/c17-12-8-18-15(10-2-1-3-11(23)6-10)20-16(12)19-14-7-13(21-22-14)9-4-5-9;;/h1-3,6-9,23H,4-5H2,(H2,18,19,20,21,22);2*1H. The number of aromatic hydroxyl groups is 1. The van der Waals surface area contributed by atoms with Crippen molar-refractivity contribution >= 4 is 23.2 Å². The maximum Gasteiger partial charge on any atom is 0.161 e. The molecule has 1 saturated carbocycles. The summed E-state index contributed by atoms with van der Waals surface area (Å²) >= 11 is 6.17. The van der Waals surface area contributed by atoms with Crippen LogP contribution < -0.4 is 5.32 Å². The Labute approximate surface area is 140 Å². The molecular weight excluding hydrogens is 314 g/mol. The van der Waals surface area contributed by atoms with Gasteiger partial charge in [-0.3, -0.25) is 5.10 Å². The maximum absolute atomic E-state index is 9.58. The van der Waals surface area contributed by atoms with Gasteiger partial charge in [0.25, 0.3) is 0 Å². The quantitative estimate of drug-likeness (QED) is 0.662. The van der Waals surface area contributed by atoms with Crippen LogP contribution in [0.2, 0.25) is 5.02 Å². The fraction of sp³-hybridized carbons (Fsp3) is 0.188. The fourth-order valence-corrected chi connectivity index (χ4v) is 2.50. The Morgan fingerprint density at radius 2 is 2.17 bits per heavy atom. The van der Waals surface area contributed by atoms with Crippen molar-refractivity contribution in [3.63, 3.8) is 0 Å². The van der Waals surface area contributed by atoms with Gasteiger partial charge in [0.1, 0.15) is 10.8 Å². The number of nitrogens with zero attached hydrogens (tertiary/aromatic N) is 3. The summed E-state index contributed by atoms with van der Waals surface area (Å²) in [4.78, 5) is 8.64. The molecule has 0 spiro atoms. The number of aromatic nitrogens is 4. The predicted molar refractivity (Wildman–Crippen MR) is 92.2 cm³/mol. The van der Waals surface area contributed by atoms with Gasteiger partial charge in [-0.15, -0.1) is 0 Å². The van der Waals surface area contributed by atoms with Crippen molar-refractivity contribution in [3.05, 3.63) is 47.2 Å². The normalized spacial score (nSPS) is 14.0. The second-order valence-electron chi connectivity index (χ2n) is 5.55. The lowest BCUT2D eigenvalue weighted by molar-refractivity contribution is 0.475. The minimum absolute atomic E-state index is 0. The molecule has 0 aliphatic heterocycles. The molecule has 0 unspecified atom stereocenters. The van der Waals surface area contributed by atoms with Gasteiger partial charge < -0.3 is 10.4 Å². The van der Waals surface area contributed by atoms with Crippen molar-refractivity contribution in [1.82, 2.24) is 20.2 Å². The van der Waals surface area contributed by atoms with E-state index in [-0.39, 0.29) is 8.60 Å². The second-order valence-corrected chi connectivity index (χ2v) is 5.96. The van der Waals surface area contributed by atoms with Gasteiger partial charge >= 0.3 is 0 Å². The first kappa shape index (κ1) is 14.0. The summed E-state index contributed by atoms with van der Waals surface area (Å²) in [6, 6.07) is 8.75. The molecule has 23 heavy (non-hydrogen) atoms. The van der Waals surface area contributed by atoms with Gasteiger partial charge in [-0.05, 0) is 25.0 Å². The molecule has 4 rings (SSSR count). The van der Waals surface area contributed by atoms with Crippen LogP contribution in [0.25, 0.3) is 11.4 Å². The van der Waals surface area contributed by atoms with Gasteiger partial charge in [0.15, 0.2) is 17.5 Å². The molecule has 0 atom stereocenters. The summed E-state index contributed by atoms with van der Waals surface area (Å²) in [5, 5.41) is 20.4. The molecule has 3 N–H and O–H groups in total. The summed E-state index contributed by atoms with van der Waals surface area (Å²) in [6.07, 6.45) is 3.94. The number of H-pyrrole nitrogens is 1. The Morgan fingerprint density at radius 3 is 2.96 bits per heavy atom. The average Bonchev–Trinajstić information content (AvgIpc) is 3.29. The van der Waals surface area contributed by atoms with Gasteiger partial charge in [0.2, 0.25) is 0 Å². The van der Waals surface area contributed by atoms with Crippen LogP contribution in [0.5, 0.6) is 5.75 Å². The zero-order chi connectivity index (χ0) is 15.8. The molecule has 1 aromatic carbocycles. The molecule has 0 amide bonds. The first-order valence-electron chi connectivity index (χ1n) is 7.33. The summed E-state index contributed by atoms with van der Waals surface area (Å²) < 4.78 is 0. The number of hydrogen-bond donors (Lipinski definition) is 3. The van der Waals surface area contributed by atoms with E-state index < -0.39 is 0 Å². The van der Waals surface area contributed by atoms with Crippen molar-refractivity contribution in [2.24, 2.45) is 0 Å². The Morgan fingerprint density at radius 1 is 1.30 bits per heavy atom. The molecule has 0 saturated heterocycles. The monoisotopic (exact) mass is 331 g/mol. The number of rotatable bonds is 4. The lowest BCUT2D eigenvalue weighted by atomic mass is 10.2. The molecule has 2 aromatic heterocycles. The fourth-order valence-electron chi connectivity index (χ4n) is 2.36. The third-order valence-corrected chi connectivity index (χ3v) is 3.99. The molecule has 1 fully saturated rings. The van der Waals surface area contributed by atoms with Crippen molar-refractivity contribution in [2.45, 2.75) is 18.8 Å². The number of phenolic OH excluding ortho intramolecular Hbond substituents is 1. The number of aromatic amines is 1. The Balaban J connectivity index is 0.00000113. The first-order valence-corrected chi connectivity index (χ1v) is 7.71. The van der Waals surface area contributed by atoms with Crippen LogP contribution in [0.1, 0.15) is 27.3 Å². The van der Waals surface area contributed by atoms with E-state index in [4.69, 9.17) is 11.6 Å². The van der Waals surface area contributed by atoms with Crippen LogP contribution in [-0.2, 0) is 0 Å². The van der Waals surface area contributed by atoms with Gasteiger partial charge in [0.05, 0.1) is 6.20 Å². The van der Waals surface area contributed by atoms with Crippen molar-refractivity contribution in [3.8, 4) is 17.1 Å². The molecule has 0 radical (unpaired) electrons. The number of phenols is 1. The predicted octanol–water partition coefficient (Wildman–Crippen LogP) is 4.34. The highest BCUT2D eigenvalue weighted by molar-refractivity contribution is 6.32. The zero-order valence-corrected chi connectivity index (χ0v) is 12.9. The van der Waals surface area contributed by atoms with Crippen LogP contribution >= 0.6 is 11.6 Å². The summed E-state index contributed by atoms with van der Waals surface area (Å²) in [5.74, 6) is 2.40. The van der Waals surface area contributed by atoms with Crippen molar-refractivity contribution in [2.75, 3.05) is 5.32 Å². The largest absolute Gasteiger partial charge is 0.508 e. The van der Waals surface area contributed by atoms with E-state index >= 15 is 0 Å².